The quantitative estimate of drug-likeness (QED) is 0.844. The molecule has 2 aromatic rings. The molecule has 20 heavy (non-hydrogen) atoms. The Kier molecular flexibility index (Phi) is 3.02. The fourth-order valence-corrected chi connectivity index (χ4v) is 2.49. The second-order valence-corrected chi connectivity index (χ2v) is 4.71. The average molecular weight is 269 g/mol. The van der Waals surface area contributed by atoms with Gasteiger partial charge < -0.3 is 15.4 Å². The molecular weight excluding hydrogens is 254 g/mol. The van der Waals surface area contributed by atoms with Crippen molar-refractivity contribution in [1.29, 1.82) is 0 Å². The van der Waals surface area contributed by atoms with Crippen molar-refractivity contribution in [3.63, 3.8) is 0 Å². The van der Waals surface area contributed by atoms with Gasteiger partial charge in [0.05, 0.1) is 18.4 Å². The number of esters is 1. The first kappa shape index (κ1) is 12.5. The van der Waals surface area contributed by atoms with Crippen LogP contribution in [0.4, 0.5) is 11.5 Å². The van der Waals surface area contributed by atoms with Gasteiger partial charge in [-0.2, -0.15) is 0 Å². The highest BCUT2D eigenvalue weighted by molar-refractivity contribution is 5.97. The number of hydrogen-bond donors (Lipinski definition) is 1. The second-order valence-electron chi connectivity index (χ2n) is 4.71. The van der Waals surface area contributed by atoms with E-state index >= 15 is 0 Å². The Hall–Kier alpha value is -2.56. The summed E-state index contributed by atoms with van der Waals surface area (Å²) in [4.78, 5) is 18.0. The number of nitrogens with two attached hydrogens (primary N) is 1. The molecule has 1 aromatic carbocycles. The standard InChI is InChI=1S/C15H15N3O2/c1-20-15(19)12-6-7-17-14(13(12)16)18-8-10-4-2-3-5-11(10)9-18/h2-7H,8-9,16H2,1H3. The highest BCUT2D eigenvalue weighted by atomic mass is 16.5. The van der Waals surface area contributed by atoms with Crippen LogP contribution in [-0.2, 0) is 17.8 Å². The fourth-order valence-electron chi connectivity index (χ4n) is 2.49. The maximum atomic E-state index is 11.7. The molecular formula is C15H15N3O2. The van der Waals surface area contributed by atoms with Crippen LogP contribution in [0.25, 0.3) is 0 Å². The molecule has 2 heterocycles. The zero-order chi connectivity index (χ0) is 14.1. The molecule has 3 rings (SSSR count). The van der Waals surface area contributed by atoms with Crippen molar-refractivity contribution in [2.24, 2.45) is 0 Å². The minimum Gasteiger partial charge on any atom is -0.465 e. The number of nitrogen functional groups attached to an aromatic ring is 1. The zero-order valence-corrected chi connectivity index (χ0v) is 11.2. The normalized spacial score (nSPS) is 13.2. The third kappa shape index (κ3) is 1.97. The van der Waals surface area contributed by atoms with Crippen molar-refractivity contribution >= 4 is 17.5 Å². The number of nitrogens with zero attached hydrogens (tertiary/aromatic N) is 2. The monoisotopic (exact) mass is 269 g/mol. The summed E-state index contributed by atoms with van der Waals surface area (Å²) in [6.07, 6.45) is 1.58. The second kappa shape index (κ2) is 4.85. The van der Waals surface area contributed by atoms with Gasteiger partial charge in [-0.25, -0.2) is 9.78 Å². The Balaban J connectivity index is 1.95. The number of carbonyl (C=O) groups excluding carboxylic acids is 1. The Morgan fingerprint density at radius 3 is 2.50 bits per heavy atom. The first-order valence-electron chi connectivity index (χ1n) is 6.35. The van der Waals surface area contributed by atoms with Crippen molar-refractivity contribution in [2.75, 3.05) is 17.7 Å². The van der Waals surface area contributed by atoms with Crippen molar-refractivity contribution in [3.05, 3.63) is 53.2 Å². The van der Waals surface area contributed by atoms with E-state index in [0.717, 1.165) is 13.1 Å². The van der Waals surface area contributed by atoms with Gasteiger partial charge >= 0.3 is 5.97 Å². The summed E-state index contributed by atoms with van der Waals surface area (Å²) in [5.74, 6) is 0.187. The van der Waals surface area contributed by atoms with Crippen LogP contribution in [-0.4, -0.2) is 18.1 Å². The number of anilines is 2. The van der Waals surface area contributed by atoms with Crippen LogP contribution >= 0.6 is 0 Å². The number of carbonyl (C=O) groups is 1. The number of ether oxygens (including phenoxy) is 1. The summed E-state index contributed by atoms with van der Waals surface area (Å²) in [6.45, 7) is 1.50. The van der Waals surface area contributed by atoms with E-state index in [0.29, 0.717) is 17.1 Å². The molecule has 5 heteroatoms. The lowest BCUT2D eigenvalue weighted by atomic mass is 10.1. The smallest absolute Gasteiger partial charge is 0.340 e. The van der Waals surface area contributed by atoms with Crippen LogP contribution in [0.2, 0.25) is 0 Å². The van der Waals surface area contributed by atoms with Gasteiger partial charge in [0.25, 0.3) is 0 Å². The van der Waals surface area contributed by atoms with E-state index in [1.807, 2.05) is 12.1 Å². The zero-order valence-electron chi connectivity index (χ0n) is 11.2. The molecule has 5 nitrogen and oxygen atoms in total. The van der Waals surface area contributed by atoms with Gasteiger partial charge in [-0.3, -0.25) is 0 Å². The minimum absolute atomic E-state index is 0.355. The minimum atomic E-state index is -0.442. The Morgan fingerprint density at radius 2 is 1.90 bits per heavy atom. The topological polar surface area (TPSA) is 68.5 Å². The number of hydrogen-bond acceptors (Lipinski definition) is 5. The van der Waals surface area contributed by atoms with Gasteiger partial charge in [-0.05, 0) is 17.2 Å². The molecule has 2 N–H and O–H groups in total. The molecule has 102 valence electrons. The molecule has 0 atom stereocenters. The molecule has 1 aromatic heterocycles. The van der Waals surface area contributed by atoms with E-state index < -0.39 is 5.97 Å². The highest BCUT2D eigenvalue weighted by Crippen LogP contribution is 2.31. The van der Waals surface area contributed by atoms with E-state index in [1.54, 1.807) is 12.3 Å². The van der Waals surface area contributed by atoms with Crippen LogP contribution in [0.5, 0.6) is 0 Å². The molecule has 0 saturated carbocycles. The Bertz CT molecular complexity index is 645. The number of fused-ring (bicyclic) bond motifs is 1. The summed E-state index contributed by atoms with van der Waals surface area (Å²) in [5, 5.41) is 0. The Morgan fingerprint density at radius 1 is 1.25 bits per heavy atom. The molecule has 0 fully saturated rings. The van der Waals surface area contributed by atoms with Gasteiger partial charge in [0, 0.05) is 19.3 Å². The molecule has 0 saturated heterocycles. The van der Waals surface area contributed by atoms with Crippen LogP contribution in [0.15, 0.2) is 36.5 Å². The lowest BCUT2D eigenvalue weighted by molar-refractivity contribution is 0.0602. The highest BCUT2D eigenvalue weighted by Gasteiger charge is 2.23. The largest absolute Gasteiger partial charge is 0.465 e. The Labute approximate surface area is 117 Å². The molecule has 1 aliphatic heterocycles. The summed E-state index contributed by atoms with van der Waals surface area (Å²) >= 11 is 0. The maximum Gasteiger partial charge on any atom is 0.340 e. The predicted octanol–water partition coefficient (Wildman–Crippen LogP) is 1.97. The van der Waals surface area contributed by atoms with E-state index in [2.05, 4.69) is 22.0 Å². The first-order chi connectivity index (χ1) is 9.70. The van der Waals surface area contributed by atoms with Crippen LogP contribution in [0.3, 0.4) is 0 Å². The van der Waals surface area contributed by atoms with Gasteiger partial charge in [-0.1, -0.05) is 24.3 Å². The summed E-state index contributed by atoms with van der Waals surface area (Å²) in [5.41, 5.74) is 9.31. The number of aromatic nitrogens is 1. The van der Waals surface area contributed by atoms with E-state index in [4.69, 9.17) is 10.5 Å². The van der Waals surface area contributed by atoms with E-state index in [-0.39, 0.29) is 0 Å². The lowest BCUT2D eigenvalue weighted by Crippen LogP contribution is -2.19. The van der Waals surface area contributed by atoms with Crippen molar-refractivity contribution < 1.29 is 9.53 Å². The van der Waals surface area contributed by atoms with E-state index in [9.17, 15) is 4.79 Å². The third-order valence-electron chi connectivity index (χ3n) is 3.51. The van der Waals surface area contributed by atoms with Crippen molar-refractivity contribution in [1.82, 2.24) is 4.98 Å². The number of methoxy groups -OCH3 is 1. The summed E-state index contributed by atoms with van der Waals surface area (Å²) in [7, 11) is 1.34. The van der Waals surface area contributed by atoms with E-state index in [1.165, 1.54) is 18.2 Å². The van der Waals surface area contributed by atoms with Crippen LogP contribution in [0.1, 0.15) is 21.5 Å². The van der Waals surface area contributed by atoms with Gasteiger partial charge in [0.2, 0.25) is 0 Å². The lowest BCUT2D eigenvalue weighted by Gasteiger charge is -2.19. The first-order valence-corrected chi connectivity index (χ1v) is 6.35. The SMILES string of the molecule is COC(=O)c1ccnc(N2Cc3ccccc3C2)c1N. The molecule has 0 aliphatic carbocycles. The molecule has 0 bridgehead atoms. The predicted molar refractivity (Wildman–Crippen MR) is 76.3 cm³/mol. The molecule has 0 amide bonds. The summed E-state index contributed by atoms with van der Waals surface area (Å²) < 4.78 is 4.73. The number of benzene rings is 1. The third-order valence-corrected chi connectivity index (χ3v) is 3.51. The van der Waals surface area contributed by atoms with Crippen molar-refractivity contribution in [2.45, 2.75) is 13.1 Å². The van der Waals surface area contributed by atoms with Gasteiger partial charge in [0.15, 0.2) is 5.82 Å². The summed E-state index contributed by atoms with van der Waals surface area (Å²) in [6, 6.07) is 9.80. The fraction of sp³-hybridized carbons (Fsp3) is 0.200. The number of rotatable bonds is 2. The molecule has 0 spiro atoms. The van der Waals surface area contributed by atoms with Gasteiger partial charge in [0.1, 0.15) is 0 Å². The van der Waals surface area contributed by atoms with Gasteiger partial charge in [-0.15, -0.1) is 0 Å². The maximum absolute atomic E-state index is 11.7. The number of pyridine rings is 1. The molecule has 1 aliphatic rings. The molecule has 0 unspecified atom stereocenters. The van der Waals surface area contributed by atoms with Crippen LogP contribution in [0, 0.1) is 0 Å². The average Bonchev–Trinajstić information content (AvgIpc) is 2.90. The van der Waals surface area contributed by atoms with Crippen LogP contribution < -0.4 is 10.6 Å². The molecule has 0 radical (unpaired) electrons. The van der Waals surface area contributed by atoms with Crippen molar-refractivity contribution in [3.8, 4) is 0 Å².